The maximum atomic E-state index is 12.5. The molecule has 1 amide bonds. The number of amides is 1. The predicted octanol–water partition coefficient (Wildman–Crippen LogP) is 2.87. The number of nitrogens with zero attached hydrogens (tertiary/aromatic N) is 2. The average Bonchev–Trinajstić information content (AvgIpc) is 2.82. The first-order valence-electron chi connectivity index (χ1n) is 7.69. The standard InChI is InChI=1S/C19H18N2O3/c1-12-5-7-15(8-6-12)17-16(13(2)22)18(23)19(24)21(17)11-14-4-3-9-20-10-14/h3-10,17,23H,11H2,1-2H3/t17-/m1/s1. The number of benzene rings is 1. The molecule has 24 heavy (non-hydrogen) atoms. The number of hydrogen-bond acceptors (Lipinski definition) is 4. The second-order valence-corrected chi connectivity index (χ2v) is 5.93. The van der Waals surface area contributed by atoms with Crippen molar-refractivity contribution in [1.29, 1.82) is 0 Å². The lowest BCUT2D eigenvalue weighted by Gasteiger charge is -2.26. The number of aliphatic hydroxyl groups excluding tert-OH is 1. The minimum atomic E-state index is -0.587. The Morgan fingerprint density at radius 2 is 1.96 bits per heavy atom. The molecule has 2 heterocycles. The van der Waals surface area contributed by atoms with E-state index in [0.29, 0.717) is 0 Å². The first-order chi connectivity index (χ1) is 11.5. The number of pyridine rings is 1. The SMILES string of the molecule is CC(=O)C1=C(O)C(=O)N(Cc2cccnc2)[C@@H]1c1ccc(C)cc1. The second-order valence-electron chi connectivity index (χ2n) is 5.93. The van der Waals surface area contributed by atoms with Gasteiger partial charge < -0.3 is 10.0 Å². The summed E-state index contributed by atoms with van der Waals surface area (Å²) in [5.74, 6) is -1.30. The van der Waals surface area contributed by atoms with E-state index in [1.807, 2.05) is 37.3 Å². The van der Waals surface area contributed by atoms with Crippen LogP contribution in [0.5, 0.6) is 0 Å². The van der Waals surface area contributed by atoms with Crippen molar-refractivity contribution in [1.82, 2.24) is 9.88 Å². The topological polar surface area (TPSA) is 70.5 Å². The summed E-state index contributed by atoms with van der Waals surface area (Å²) in [6, 6.07) is 10.7. The van der Waals surface area contributed by atoms with Crippen molar-refractivity contribution in [2.75, 3.05) is 0 Å². The molecular weight excluding hydrogens is 304 g/mol. The number of aryl methyl sites for hydroxylation is 1. The van der Waals surface area contributed by atoms with Gasteiger partial charge in [-0.05, 0) is 31.0 Å². The summed E-state index contributed by atoms with van der Waals surface area (Å²) in [5.41, 5.74) is 2.86. The molecule has 1 aromatic carbocycles. The molecule has 0 bridgehead atoms. The third-order valence-electron chi connectivity index (χ3n) is 4.15. The molecule has 2 aromatic rings. The molecule has 5 heteroatoms. The number of Topliss-reactive ketones (excluding diaryl/α,β-unsaturated/α-hetero) is 1. The van der Waals surface area contributed by atoms with Gasteiger partial charge in [-0.2, -0.15) is 0 Å². The maximum Gasteiger partial charge on any atom is 0.290 e. The Kier molecular flexibility index (Phi) is 4.16. The zero-order valence-corrected chi connectivity index (χ0v) is 13.6. The van der Waals surface area contributed by atoms with Crippen LogP contribution in [0.2, 0.25) is 0 Å². The molecule has 1 atom stereocenters. The van der Waals surface area contributed by atoms with Crippen LogP contribution < -0.4 is 0 Å². The molecule has 122 valence electrons. The summed E-state index contributed by atoms with van der Waals surface area (Å²) in [4.78, 5) is 30.1. The van der Waals surface area contributed by atoms with Crippen molar-refractivity contribution in [2.24, 2.45) is 0 Å². The van der Waals surface area contributed by atoms with E-state index in [1.165, 1.54) is 11.8 Å². The van der Waals surface area contributed by atoms with Crippen LogP contribution >= 0.6 is 0 Å². The predicted molar refractivity (Wildman–Crippen MR) is 89.0 cm³/mol. The molecule has 0 unspecified atom stereocenters. The van der Waals surface area contributed by atoms with Gasteiger partial charge in [0.2, 0.25) is 0 Å². The lowest BCUT2D eigenvalue weighted by molar-refractivity contribution is -0.130. The van der Waals surface area contributed by atoms with Crippen molar-refractivity contribution in [3.63, 3.8) is 0 Å². The first-order valence-corrected chi connectivity index (χ1v) is 7.69. The monoisotopic (exact) mass is 322 g/mol. The van der Waals surface area contributed by atoms with Gasteiger partial charge in [-0.3, -0.25) is 14.6 Å². The van der Waals surface area contributed by atoms with Gasteiger partial charge in [-0.1, -0.05) is 35.9 Å². The lowest BCUT2D eigenvalue weighted by Crippen LogP contribution is -2.30. The van der Waals surface area contributed by atoms with E-state index < -0.39 is 17.7 Å². The van der Waals surface area contributed by atoms with Crippen molar-refractivity contribution in [3.8, 4) is 0 Å². The summed E-state index contributed by atoms with van der Waals surface area (Å²) >= 11 is 0. The van der Waals surface area contributed by atoms with Crippen molar-refractivity contribution >= 4 is 11.7 Å². The highest BCUT2D eigenvalue weighted by Crippen LogP contribution is 2.38. The number of hydrogen-bond donors (Lipinski definition) is 1. The van der Waals surface area contributed by atoms with Crippen LogP contribution in [-0.2, 0) is 16.1 Å². The van der Waals surface area contributed by atoms with Gasteiger partial charge in [0.1, 0.15) is 0 Å². The number of carbonyl (C=O) groups excluding carboxylic acids is 2. The van der Waals surface area contributed by atoms with Gasteiger partial charge in [-0.15, -0.1) is 0 Å². The van der Waals surface area contributed by atoms with E-state index in [0.717, 1.165) is 16.7 Å². The van der Waals surface area contributed by atoms with E-state index in [2.05, 4.69) is 4.98 Å². The Morgan fingerprint density at radius 1 is 1.25 bits per heavy atom. The molecule has 0 saturated carbocycles. The van der Waals surface area contributed by atoms with E-state index in [1.54, 1.807) is 18.5 Å². The largest absolute Gasteiger partial charge is 0.503 e. The van der Waals surface area contributed by atoms with Gasteiger partial charge >= 0.3 is 0 Å². The number of carbonyl (C=O) groups is 2. The molecule has 3 rings (SSSR count). The van der Waals surface area contributed by atoms with Gasteiger partial charge in [0.15, 0.2) is 11.5 Å². The summed E-state index contributed by atoms with van der Waals surface area (Å²) in [5, 5.41) is 10.2. The normalized spacial score (nSPS) is 17.5. The zero-order chi connectivity index (χ0) is 17.3. The van der Waals surface area contributed by atoms with E-state index in [9.17, 15) is 14.7 Å². The quantitative estimate of drug-likeness (QED) is 0.939. The number of ketones is 1. The molecule has 1 aromatic heterocycles. The average molecular weight is 322 g/mol. The Hall–Kier alpha value is -2.95. The van der Waals surface area contributed by atoms with Crippen LogP contribution in [0.25, 0.3) is 0 Å². The van der Waals surface area contributed by atoms with Crippen molar-refractivity contribution in [2.45, 2.75) is 26.4 Å². The Morgan fingerprint density at radius 3 is 2.54 bits per heavy atom. The number of rotatable bonds is 4. The molecular formula is C19H18N2O3. The number of aromatic nitrogens is 1. The number of aliphatic hydroxyl groups is 1. The van der Waals surface area contributed by atoms with Crippen LogP contribution in [-0.4, -0.2) is 26.7 Å². The van der Waals surface area contributed by atoms with E-state index in [4.69, 9.17) is 0 Å². The third kappa shape index (κ3) is 2.80. The van der Waals surface area contributed by atoms with Crippen molar-refractivity contribution < 1.29 is 14.7 Å². The molecule has 0 aliphatic carbocycles. The van der Waals surface area contributed by atoms with Crippen LogP contribution in [0, 0.1) is 6.92 Å². The fraction of sp³-hybridized carbons (Fsp3) is 0.211. The van der Waals surface area contributed by atoms with Crippen LogP contribution in [0.15, 0.2) is 60.1 Å². The zero-order valence-electron chi connectivity index (χ0n) is 13.6. The van der Waals surface area contributed by atoms with Crippen LogP contribution in [0.1, 0.15) is 29.7 Å². The lowest BCUT2D eigenvalue weighted by atomic mass is 9.96. The summed E-state index contributed by atoms with van der Waals surface area (Å²) in [7, 11) is 0. The smallest absolute Gasteiger partial charge is 0.290 e. The first kappa shape index (κ1) is 15.9. The minimum Gasteiger partial charge on any atom is -0.503 e. The molecule has 1 aliphatic heterocycles. The molecule has 1 N–H and O–H groups in total. The van der Waals surface area contributed by atoms with Gasteiger partial charge in [0, 0.05) is 18.9 Å². The Bertz CT molecular complexity index is 810. The molecule has 0 fully saturated rings. The van der Waals surface area contributed by atoms with E-state index in [-0.39, 0.29) is 17.9 Å². The maximum absolute atomic E-state index is 12.5. The third-order valence-corrected chi connectivity index (χ3v) is 4.15. The Labute approximate surface area is 140 Å². The molecule has 5 nitrogen and oxygen atoms in total. The van der Waals surface area contributed by atoms with Crippen molar-refractivity contribution in [3.05, 3.63) is 76.8 Å². The Balaban J connectivity index is 2.04. The second kappa shape index (κ2) is 6.28. The van der Waals surface area contributed by atoms with Gasteiger partial charge in [0.05, 0.1) is 11.6 Å². The molecule has 0 radical (unpaired) electrons. The van der Waals surface area contributed by atoms with Crippen LogP contribution in [0.4, 0.5) is 0 Å². The highest BCUT2D eigenvalue weighted by Gasteiger charge is 2.42. The van der Waals surface area contributed by atoms with Gasteiger partial charge in [0.25, 0.3) is 5.91 Å². The fourth-order valence-corrected chi connectivity index (χ4v) is 2.96. The van der Waals surface area contributed by atoms with Gasteiger partial charge in [-0.25, -0.2) is 0 Å². The fourth-order valence-electron chi connectivity index (χ4n) is 2.96. The summed E-state index contributed by atoms with van der Waals surface area (Å²) < 4.78 is 0. The van der Waals surface area contributed by atoms with E-state index >= 15 is 0 Å². The summed E-state index contributed by atoms with van der Waals surface area (Å²) in [6.45, 7) is 3.61. The summed E-state index contributed by atoms with van der Waals surface area (Å²) in [6.07, 6.45) is 3.33. The molecule has 1 aliphatic rings. The molecule has 0 spiro atoms. The molecule has 0 saturated heterocycles. The van der Waals surface area contributed by atoms with Crippen LogP contribution in [0.3, 0.4) is 0 Å². The highest BCUT2D eigenvalue weighted by molar-refractivity contribution is 6.08. The minimum absolute atomic E-state index is 0.146. The highest BCUT2D eigenvalue weighted by atomic mass is 16.3.